The molecule has 0 saturated heterocycles. The molecule has 0 aliphatic heterocycles. The Balaban J connectivity index is 5.20. The van der Waals surface area contributed by atoms with Crippen molar-refractivity contribution >= 4 is 39.5 Å². The molecule has 0 rings (SSSR count). The number of carbonyl (C=O) groups excluding carboxylic acids is 4. The van der Waals surface area contributed by atoms with Gasteiger partial charge in [-0.05, 0) is 31.6 Å². The van der Waals surface area contributed by atoms with Crippen LogP contribution in [0.15, 0.2) is 0 Å². The van der Waals surface area contributed by atoms with Crippen LogP contribution in [-0.4, -0.2) is 96.7 Å². The third-order valence-electron chi connectivity index (χ3n) is 19.0. The Morgan fingerprint density at radius 3 is 0.680 bits per heavy atom. The number of ether oxygens (including phenoxy) is 4. The molecule has 0 aromatic rings. The smallest absolute Gasteiger partial charge is 0.462 e. The van der Waals surface area contributed by atoms with Crippen molar-refractivity contribution in [2.24, 2.45) is 5.92 Å². The van der Waals surface area contributed by atoms with Crippen LogP contribution in [0.5, 0.6) is 0 Å². The van der Waals surface area contributed by atoms with E-state index in [9.17, 15) is 43.2 Å². The van der Waals surface area contributed by atoms with Gasteiger partial charge in [0.1, 0.15) is 19.3 Å². The monoisotopic (exact) mass is 1470 g/mol. The predicted octanol–water partition coefficient (Wildman–Crippen LogP) is 24.4. The molecule has 0 aliphatic rings. The van der Waals surface area contributed by atoms with E-state index in [0.717, 1.165) is 102 Å². The van der Waals surface area contributed by atoms with Gasteiger partial charge in [0.2, 0.25) is 0 Å². The second-order valence-electron chi connectivity index (χ2n) is 29.6. The Hall–Kier alpha value is -1.94. The minimum atomic E-state index is -4.96. The first-order valence-electron chi connectivity index (χ1n) is 42.1. The van der Waals surface area contributed by atoms with Crippen LogP contribution in [0.25, 0.3) is 0 Å². The van der Waals surface area contributed by atoms with Crippen LogP contribution in [0.1, 0.15) is 433 Å². The van der Waals surface area contributed by atoms with E-state index in [1.54, 1.807) is 0 Å². The summed E-state index contributed by atoms with van der Waals surface area (Å²) in [6.45, 7) is 7.32. The molecule has 3 N–H and O–H groups in total. The molecule has 0 heterocycles. The summed E-state index contributed by atoms with van der Waals surface area (Å²) in [4.78, 5) is 72.9. The SMILES string of the molecule is CCCCCCCCCCCCCCCCCCCCCC(=O)O[C@H](COC(=O)CCCCCCCCCCCCCCCCCCC)COP(=O)(O)OC[C@@H](O)COP(=O)(O)OC[C@@H](COC(=O)CCCCCCCCCC)OC(=O)CCCCCCCCCCCCCCCC(C)C. The molecule has 0 saturated carbocycles. The first-order chi connectivity index (χ1) is 48.5. The summed E-state index contributed by atoms with van der Waals surface area (Å²) < 4.78 is 68.7. The molecule has 0 spiro atoms. The maximum absolute atomic E-state index is 13.1. The lowest BCUT2D eigenvalue weighted by atomic mass is 10.0. The predicted molar refractivity (Wildman–Crippen MR) is 409 cm³/mol. The molecule has 0 aliphatic carbocycles. The molecule has 0 aromatic heterocycles. The average molecular weight is 1470 g/mol. The largest absolute Gasteiger partial charge is 0.472 e. The van der Waals surface area contributed by atoms with Gasteiger partial charge in [-0.2, -0.15) is 0 Å². The lowest BCUT2D eigenvalue weighted by molar-refractivity contribution is -0.161. The van der Waals surface area contributed by atoms with Crippen molar-refractivity contribution in [2.75, 3.05) is 39.6 Å². The maximum atomic E-state index is 13.1. The van der Waals surface area contributed by atoms with E-state index in [1.165, 1.54) is 250 Å². The van der Waals surface area contributed by atoms with Crippen LogP contribution in [0, 0.1) is 5.92 Å². The van der Waals surface area contributed by atoms with E-state index in [2.05, 4.69) is 34.6 Å². The number of phosphoric acid groups is 2. The van der Waals surface area contributed by atoms with E-state index >= 15 is 0 Å². The molecular formula is C81H158O17P2. The van der Waals surface area contributed by atoms with Crippen molar-refractivity contribution in [2.45, 2.75) is 451 Å². The van der Waals surface area contributed by atoms with Crippen LogP contribution >= 0.6 is 15.6 Å². The van der Waals surface area contributed by atoms with Crippen LogP contribution in [0.4, 0.5) is 0 Å². The zero-order valence-corrected chi connectivity index (χ0v) is 67.1. The number of phosphoric ester groups is 2. The molecule has 2 unspecified atom stereocenters. The molecule has 17 nitrogen and oxygen atoms in total. The van der Waals surface area contributed by atoms with Crippen molar-refractivity contribution in [1.29, 1.82) is 0 Å². The number of hydrogen-bond donors (Lipinski definition) is 3. The topological polar surface area (TPSA) is 237 Å². The second-order valence-corrected chi connectivity index (χ2v) is 32.5. The van der Waals surface area contributed by atoms with Crippen LogP contribution < -0.4 is 0 Å². The fraction of sp³-hybridized carbons (Fsp3) is 0.951. The molecule has 0 fully saturated rings. The van der Waals surface area contributed by atoms with Crippen molar-refractivity contribution in [1.82, 2.24) is 0 Å². The van der Waals surface area contributed by atoms with Gasteiger partial charge >= 0.3 is 39.5 Å². The zero-order valence-electron chi connectivity index (χ0n) is 65.3. The van der Waals surface area contributed by atoms with Gasteiger partial charge in [-0.1, -0.05) is 381 Å². The molecule has 100 heavy (non-hydrogen) atoms. The summed E-state index contributed by atoms with van der Waals surface area (Å²) in [5.41, 5.74) is 0. The van der Waals surface area contributed by atoms with E-state index in [-0.39, 0.29) is 25.7 Å². The maximum Gasteiger partial charge on any atom is 0.472 e. The minimum absolute atomic E-state index is 0.107. The molecule has 0 aromatic carbocycles. The Labute approximate surface area is 613 Å². The molecule has 0 bridgehead atoms. The summed E-state index contributed by atoms with van der Waals surface area (Å²) in [5.74, 6) is -1.32. The average Bonchev–Trinajstić information content (AvgIpc) is 0.937. The number of rotatable bonds is 81. The van der Waals surface area contributed by atoms with Gasteiger partial charge in [0.25, 0.3) is 0 Å². The van der Waals surface area contributed by atoms with E-state index in [0.29, 0.717) is 25.7 Å². The van der Waals surface area contributed by atoms with E-state index in [1.807, 2.05) is 0 Å². The summed E-state index contributed by atoms with van der Waals surface area (Å²) in [6.07, 6.45) is 65.3. The number of hydrogen-bond acceptors (Lipinski definition) is 15. The van der Waals surface area contributed by atoms with E-state index < -0.39 is 97.5 Å². The highest BCUT2D eigenvalue weighted by Crippen LogP contribution is 2.45. The lowest BCUT2D eigenvalue weighted by Crippen LogP contribution is -2.30. The van der Waals surface area contributed by atoms with Crippen LogP contribution in [0.2, 0.25) is 0 Å². The number of aliphatic hydroxyl groups excluding tert-OH is 1. The highest BCUT2D eigenvalue weighted by atomic mass is 31.2. The van der Waals surface area contributed by atoms with Crippen LogP contribution in [-0.2, 0) is 65.4 Å². The van der Waals surface area contributed by atoms with Crippen molar-refractivity contribution in [3.8, 4) is 0 Å². The van der Waals surface area contributed by atoms with Gasteiger partial charge in [0, 0.05) is 25.7 Å². The molecular weight excluding hydrogens is 1310 g/mol. The Bertz CT molecular complexity index is 1910. The van der Waals surface area contributed by atoms with E-state index in [4.69, 9.17) is 37.0 Å². The summed E-state index contributed by atoms with van der Waals surface area (Å²) >= 11 is 0. The third kappa shape index (κ3) is 74.3. The Morgan fingerprint density at radius 1 is 0.270 bits per heavy atom. The minimum Gasteiger partial charge on any atom is -0.462 e. The normalized spacial score (nSPS) is 13.8. The standard InChI is InChI=1S/C81H158O17P2/c1-6-9-12-15-18-21-23-25-27-29-30-32-34-38-42-46-51-56-61-66-81(86)98-77(71-92-79(84)65-60-55-50-45-41-37-33-31-28-26-24-22-19-16-13-10-7-2)73-96-100(89,90)94-69-75(82)68-93-99(87,88)95-72-76(70-91-78(83)64-59-54-49-20-17-14-11-8-3)97-80(85)67-62-57-52-47-43-39-35-36-40-44-48-53-58-63-74(4)5/h74-77,82H,6-73H2,1-5H3,(H,87,88)(H,89,90)/t75-,76+,77+/m0/s1. The van der Waals surface area contributed by atoms with Crippen LogP contribution in [0.3, 0.4) is 0 Å². The molecule has 5 atom stereocenters. The van der Waals surface area contributed by atoms with Gasteiger partial charge in [-0.15, -0.1) is 0 Å². The summed E-state index contributed by atoms with van der Waals surface area (Å²) in [7, 11) is -9.92. The zero-order chi connectivity index (χ0) is 73.4. The first kappa shape index (κ1) is 98.1. The second kappa shape index (κ2) is 73.9. The number of unbranched alkanes of at least 4 members (excludes halogenated alkanes) is 53. The Kier molecular flexibility index (Phi) is 72.5. The highest BCUT2D eigenvalue weighted by molar-refractivity contribution is 7.47. The number of aliphatic hydroxyl groups is 1. The fourth-order valence-corrected chi connectivity index (χ4v) is 14.2. The van der Waals surface area contributed by atoms with Crippen molar-refractivity contribution < 1.29 is 80.2 Å². The van der Waals surface area contributed by atoms with Gasteiger partial charge < -0.3 is 33.8 Å². The van der Waals surface area contributed by atoms with Crippen molar-refractivity contribution in [3.05, 3.63) is 0 Å². The van der Waals surface area contributed by atoms with Crippen molar-refractivity contribution in [3.63, 3.8) is 0 Å². The van der Waals surface area contributed by atoms with Gasteiger partial charge in [0.15, 0.2) is 12.2 Å². The van der Waals surface area contributed by atoms with Gasteiger partial charge in [-0.3, -0.25) is 37.3 Å². The number of esters is 4. The quantitative estimate of drug-likeness (QED) is 0.0222. The van der Waals surface area contributed by atoms with Gasteiger partial charge in [0.05, 0.1) is 26.4 Å². The third-order valence-corrected chi connectivity index (χ3v) is 20.9. The highest BCUT2D eigenvalue weighted by Gasteiger charge is 2.30. The molecule has 19 heteroatoms. The summed E-state index contributed by atoms with van der Waals surface area (Å²) in [6, 6.07) is 0. The summed E-state index contributed by atoms with van der Waals surface area (Å²) in [5, 5.41) is 10.6. The number of carbonyl (C=O) groups is 4. The first-order valence-corrected chi connectivity index (χ1v) is 45.1. The Morgan fingerprint density at radius 2 is 0.460 bits per heavy atom. The molecule has 594 valence electrons. The van der Waals surface area contributed by atoms with Gasteiger partial charge in [-0.25, -0.2) is 9.13 Å². The molecule has 0 amide bonds. The molecule has 0 radical (unpaired) electrons. The fourth-order valence-electron chi connectivity index (χ4n) is 12.6. The lowest BCUT2D eigenvalue weighted by Gasteiger charge is -2.21.